The maximum absolute atomic E-state index is 14.8. The van der Waals surface area contributed by atoms with E-state index in [-0.39, 0.29) is 96.9 Å². The van der Waals surface area contributed by atoms with Gasteiger partial charge >= 0.3 is 25.1 Å². The summed E-state index contributed by atoms with van der Waals surface area (Å²) >= 11 is 0. The van der Waals surface area contributed by atoms with E-state index in [4.69, 9.17) is 39.2 Å². The maximum Gasteiger partial charge on any atom is 0.461 e. The zero-order valence-corrected chi connectivity index (χ0v) is 61.9. The SMILES string of the molecule is C1CCOC1.CC(C)(C)[S@@](=O)N=C(c1cc(F)cc(OC(F)(F)C(F)F)c1)c1ccc(F)c(O[Si](C)(C)C(C)(C)C)c1.CC(C)(C)[S@](N)=O.CC(C)(C)[Si](C)(C)Oc1cc(C(=O)c2cc(F)cc(OC(F)(F)C(F)F)c2)ccc1F.CCO.CCO.CCO.CCO.[Ti]. The fourth-order valence-corrected chi connectivity index (χ4v) is 8.07. The Balaban J connectivity index is -0.000000628. The first-order valence-electron chi connectivity index (χ1n) is 28.8. The number of ether oxygens (including phenoxy) is 3. The molecule has 0 saturated carbocycles. The van der Waals surface area contributed by atoms with Gasteiger partial charge in [-0.05, 0) is 179 Å². The van der Waals surface area contributed by atoms with Crippen molar-refractivity contribution >= 4 is 50.1 Å². The fraction of sp³-hybridized carbons (Fsp3) is 0.581. The number of aliphatic hydroxyl groups is 4. The monoisotopic (exact) mass is 1460 g/mol. The van der Waals surface area contributed by atoms with Crippen LogP contribution in [-0.2, 0) is 48.4 Å². The average Bonchev–Trinajstić information content (AvgIpc) is 0.890. The maximum atomic E-state index is 14.8. The van der Waals surface area contributed by atoms with Crippen molar-refractivity contribution in [3.63, 3.8) is 0 Å². The Morgan fingerprint density at radius 1 is 0.548 bits per heavy atom. The van der Waals surface area contributed by atoms with Crippen molar-refractivity contribution in [2.75, 3.05) is 39.6 Å². The molecule has 2 atom stereocenters. The quantitative estimate of drug-likeness (QED) is 0.0325. The van der Waals surface area contributed by atoms with Crippen molar-refractivity contribution in [1.29, 1.82) is 0 Å². The molecule has 1 aliphatic rings. The zero-order valence-electron chi connectivity index (χ0n) is 56.7. The van der Waals surface area contributed by atoms with Crippen molar-refractivity contribution in [2.45, 2.75) is 194 Å². The predicted octanol–water partition coefficient (Wildman–Crippen LogP) is 15.9. The van der Waals surface area contributed by atoms with E-state index in [2.05, 4.69) is 13.9 Å². The van der Waals surface area contributed by atoms with Crippen LogP contribution in [-0.4, -0.2) is 131 Å². The minimum atomic E-state index is -4.88. The van der Waals surface area contributed by atoms with Crippen molar-refractivity contribution in [3.8, 4) is 23.0 Å². The number of nitrogens with zero attached hydrogens (tertiary/aromatic N) is 1. The summed E-state index contributed by atoms with van der Waals surface area (Å²) in [5.41, 5.74) is -0.747. The van der Waals surface area contributed by atoms with Crippen LogP contribution in [0, 0.1) is 23.3 Å². The van der Waals surface area contributed by atoms with Gasteiger partial charge in [-0.25, -0.2) is 26.0 Å². The largest absolute Gasteiger partial charge is 0.542 e. The Morgan fingerprint density at radius 2 is 0.860 bits per heavy atom. The summed E-state index contributed by atoms with van der Waals surface area (Å²) < 4.78 is 212. The molecule has 5 rings (SSSR count). The number of hydrogen-bond acceptors (Lipinski definition) is 12. The van der Waals surface area contributed by atoms with E-state index in [1.165, 1.54) is 25.0 Å². The Labute approximate surface area is 563 Å². The van der Waals surface area contributed by atoms with E-state index >= 15 is 0 Å². The van der Waals surface area contributed by atoms with Crippen LogP contribution in [0.2, 0.25) is 36.3 Å². The Bertz CT molecular complexity index is 2890. The molecule has 31 heteroatoms. The molecule has 0 unspecified atom stereocenters. The number of hydrogen-bond donors (Lipinski definition) is 5. The second kappa shape index (κ2) is 43.2. The molecule has 14 nitrogen and oxygen atoms in total. The molecule has 1 saturated heterocycles. The summed E-state index contributed by atoms with van der Waals surface area (Å²) in [6.45, 7) is 39.4. The van der Waals surface area contributed by atoms with E-state index < -0.39 is 115 Å². The van der Waals surface area contributed by atoms with Crippen LogP contribution in [0.3, 0.4) is 0 Å². The molecule has 1 heterocycles. The topological polar surface area (TPSA) is 217 Å². The van der Waals surface area contributed by atoms with Crippen LogP contribution in [0.1, 0.15) is 151 Å². The summed E-state index contributed by atoms with van der Waals surface area (Å²) in [6.07, 6.45) is -15.5. The Morgan fingerprint density at radius 3 is 1.15 bits per heavy atom. The number of halogens is 12. The van der Waals surface area contributed by atoms with Crippen LogP contribution >= 0.6 is 0 Å². The molecule has 6 N–H and O–H groups in total. The first-order valence-corrected chi connectivity index (χ1v) is 36.9. The summed E-state index contributed by atoms with van der Waals surface area (Å²) in [7, 11) is -8.07. The van der Waals surface area contributed by atoms with Gasteiger partial charge in [0.05, 0.1) is 26.2 Å². The number of benzene rings is 4. The van der Waals surface area contributed by atoms with E-state index in [1.54, 1.807) is 48.5 Å². The molecule has 0 amide bonds. The third-order valence-corrected chi connectivity index (χ3v) is 23.5. The average molecular weight is 1460 g/mol. The van der Waals surface area contributed by atoms with Crippen LogP contribution in [0.15, 0.2) is 77.2 Å². The molecule has 0 radical (unpaired) electrons. The van der Waals surface area contributed by atoms with E-state index in [0.29, 0.717) is 18.2 Å². The van der Waals surface area contributed by atoms with Crippen molar-refractivity contribution in [1.82, 2.24) is 0 Å². The molecule has 0 aliphatic carbocycles. The van der Waals surface area contributed by atoms with Gasteiger partial charge in [-0.15, -0.1) is 0 Å². The van der Waals surface area contributed by atoms with Crippen LogP contribution < -0.4 is 23.5 Å². The molecule has 0 bridgehead atoms. The van der Waals surface area contributed by atoms with E-state index in [9.17, 15) is 65.9 Å². The molecule has 0 spiro atoms. The number of aliphatic hydroxyl groups excluding tert-OH is 4. The second-order valence-electron chi connectivity index (χ2n) is 24.4. The molecule has 4 aromatic carbocycles. The van der Waals surface area contributed by atoms with E-state index in [1.807, 2.05) is 88.5 Å². The third kappa shape index (κ3) is 36.6. The summed E-state index contributed by atoms with van der Waals surface area (Å²) in [5.74, 6) is -6.61. The summed E-state index contributed by atoms with van der Waals surface area (Å²) in [4.78, 5) is 12.8. The van der Waals surface area contributed by atoms with Gasteiger partial charge in [-0.2, -0.15) is 39.5 Å². The number of nitrogens with two attached hydrogens (primary N) is 1. The number of carbonyl (C=O) groups excluding carboxylic acids is 1. The molecule has 1 aliphatic heterocycles. The summed E-state index contributed by atoms with van der Waals surface area (Å²) in [5, 5.41) is 34.8. The number of carbonyl (C=O) groups is 1. The van der Waals surface area contributed by atoms with Crippen molar-refractivity contribution in [2.24, 2.45) is 9.54 Å². The Hall–Kier alpha value is -4.21. The van der Waals surface area contributed by atoms with Gasteiger partial charge in [0.2, 0.25) is 0 Å². The van der Waals surface area contributed by atoms with Gasteiger partial charge in [-0.3, -0.25) is 9.93 Å². The normalized spacial score (nSPS) is 13.4. The van der Waals surface area contributed by atoms with Gasteiger partial charge in [-0.1, -0.05) is 41.5 Å². The van der Waals surface area contributed by atoms with Gasteiger partial charge in [0.15, 0.2) is 17.4 Å². The van der Waals surface area contributed by atoms with Gasteiger partial charge in [0, 0.05) is 95.7 Å². The Kier molecular flexibility index (Phi) is 44.2. The molecular formula is C62H96F12N2O12S2Si2Ti. The smallest absolute Gasteiger partial charge is 0.461 e. The van der Waals surface area contributed by atoms with Crippen LogP contribution in [0.25, 0.3) is 0 Å². The van der Waals surface area contributed by atoms with Crippen LogP contribution in [0.5, 0.6) is 23.0 Å². The van der Waals surface area contributed by atoms with E-state index in [0.717, 1.165) is 55.7 Å². The fourth-order valence-electron chi connectivity index (χ4n) is 5.39. The molecule has 93 heavy (non-hydrogen) atoms. The molecular weight excluding hydrogens is 1360 g/mol. The minimum Gasteiger partial charge on any atom is -0.542 e. The van der Waals surface area contributed by atoms with Gasteiger partial charge in [0.1, 0.15) is 45.6 Å². The predicted molar refractivity (Wildman–Crippen MR) is 345 cm³/mol. The van der Waals surface area contributed by atoms with Crippen LogP contribution in [0.4, 0.5) is 52.7 Å². The first-order chi connectivity index (χ1) is 41.8. The molecule has 534 valence electrons. The minimum absolute atomic E-state index is 0. The standard InChI is InChI=1S/C25H31F6NO3SSi.C21H22F6O3Si.C4H11NOS.C4H8O.4C2H6O.Ti/c1-23(2,3)36(33)32-21(16-11-17(26)14-18(12-16)34-25(30,31)22(28)29)15-9-10-19(27)20(13-15)35-37(7,8)24(4,5)6;1-20(2,3)31(4,5)30-17-10-12(6-7-16(17)23)18(28)13-8-14(22)11-15(9-13)29-21(26,27)19(24)25;1-4(2,3)7(5)6;1-2-4-5-3-1;4*1-2-3;/h9-14,22H,1-8H3;6-11,19H,1-5H3;5H2,1-3H3;1-4H2;4*3H,2H2,1H3;/t36-;;7-;;;;;;/m1.1....../s1. The molecule has 0 aromatic heterocycles. The number of alkyl halides is 8. The molecule has 1 fully saturated rings. The molecule has 4 aromatic rings. The first kappa shape index (κ1) is 95.2. The number of ketones is 1. The third-order valence-electron chi connectivity index (χ3n) is 12.2. The van der Waals surface area contributed by atoms with Crippen molar-refractivity contribution < 1.29 is 131 Å². The number of rotatable bonds is 15. The summed E-state index contributed by atoms with van der Waals surface area (Å²) in [6, 6.07) is 11.1. The second-order valence-corrected chi connectivity index (χ2v) is 37.6. The zero-order chi connectivity index (χ0) is 72.8. The van der Waals surface area contributed by atoms with Gasteiger partial charge < -0.3 is 43.5 Å². The van der Waals surface area contributed by atoms with Crippen molar-refractivity contribution in [3.05, 3.63) is 118 Å². The van der Waals surface area contributed by atoms with Gasteiger partial charge in [0.25, 0.3) is 16.6 Å².